The zero-order valence-electron chi connectivity index (χ0n) is 17.8. The lowest BCUT2D eigenvalue weighted by molar-refractivity contribution is 0.0386. The Balaban J connectivity index is 1.82. The van der Waals surface area contributed by atoms with E-state index in [9.17, 15) is 9.59 Å². The number of rotatable bonds is 9. The molecule has 1 saturated heterocycles. The standard InChI is InChI=1S/C22H29N3O5/c1-15-19(22(27)30-11-10-28-3)16(2)24-20(15)21(26)25(14-18-7-5-9-29-18)13-17-6-4-8-23-12-17/h4,6,8,12,18,24H,5,7,9-11,13-14H2,1-3H3. The number of aromatic nitrogens is 2. The number of amides is 1. The van der Waals surface area contributed by atoms with Gasteiger partial charge in [0, 0.05) is 44.9 Å². The summed E-state index contributed by atoms with van der Waals surface area (Å²) in [5, 5.41) is 0. The maximum atomic E-state index is 13.5. The number of ether oxygens (including phenoxy) is 3. The second-order valence-electron chi connectivity index (χ2n) is 7.44. The monoisotopic (exact) mass is 415 g/mol. The summed E-state index contributed by atoms with van der Waals surface area (Å²) in [7, 11) is 1.54. The van der Waals surface area contributed by atoms with E-state index in [2.05, 4.69) is 9.97 Å². The first-order valence-corrected chi connectivity index (χ1v) is 10.2. The Morgan fingerprint density at radius 1 is 1.33 bits per heavy atom. The van der Waals surface area contributed by atoms with E-state index in [-0.39, 0.29) is 18.6 Å². The van der Waals surface area contributed by atoms with Crippen molar-refractivity contribution in [1.82, 2.24) is 14.9 Å². The van der Waals surface area contributed by atoms with Crippen LogP contribution in [-0.4, -0.2) is 66.3 Å². The number of hydrogen-bond donors (Lipinski definition) is 1. The van der Waals surface area contributed by atoms with Crippen LogP contribution in [0.5, 0.6) is 0 Å². The van der Waals surface area contributed by atoms with Gasteiger partial charge in [-0.05, 0) is 43.9 Å². The van der Waals surface area contributed by atoms with Gasteiger partial charge in [0.25, 0.3) is 5.91 Å². The van der Waals surface area contributed by atoms with Gasteiger partial charge >= 0.3 is 5.97 Å². The van der Waals surface area contributed by atoms with E-state index in [4.69, 9.17) is 14.2 Å². The topological polar surface area (TPSA) is 93.8 Å². The van der Waals surface area contributed by atoms with Crippen LogP contribution >= 0.6 is 0 Å². The summed E-state index contributed by atoms with van der Waals surface area (Å²) in [4.78, 5) is 34.9. The molecule has 2 aromatic rings. The molecule has 1 unspecified atom stereocenters. The molecule has 0 radical (unpaired) electrons. The summed E-state index contributed by atoms with van der Waals surface area (Å²) in [5.74, 6) is -0.638. The molecular weight excluding hydrogens is 386 g/mol. The molecule has 3 heterocycles. The van der Waals surface area contributed by atoms with Crippen molar-refractivity contribution in [1.29, 1.82) is 0 Å². The summed E-state index contributed by atoms with van der Waals surface area (Å²) in [6, 6.07) is 3.79. The molecule has 30 heavy (non-hydrogen) atoms. The molecule has 8 heteroatoms. The molecule has 0 aromatic carbocycles. The van der Waals surface area contributed by atoms with E-state index in [1.54, 1.807) is 38.3 Å². The minimum atomic E-state index is -0.463. The van der Waals surface area contributed by atoms with Crippen LogP contribution in [0.4, 0.5) is 0 Å². The molecule has 162 valence electrons. The first-order valence-electron chi connectivity index (χ1n) is 10.2. The highest BCUT2D eigenvalue weighted by atomic mass is 16.6. The lowest BCUT2D eigenvalue weighted by Crippen LogP contribution is -2.37. The molecule has 1 fully saturated rings. The Morgan fingerprint density at radius 2 is 2.17 bits per heavy atom. The van der Waals surface area contributed by atoms with Crippen LogP contribution in [0.1, 0.15) is 50.5 Å². The minimum Gasteiger partial charge on any atom is -0.460 e. The van der Waals surface area contributed by atoms with Gasteiger partial charge < -0.3 is 24.1 Å². The highest BCUT2D eigenvalue weighted by Crippen LogP contribution is 2.23. The molecule has 8 nitrogen and oxygen atoms in total. The molecule has 1 amide bonds. The van der Waals surface area contributed by atoms with Crippen molar-refractivity contribution in [3.05, 3.63) is 52.6 Å². The summed E-state index contributed by atoms with van der Waals surface area (Å²) in [6.07, 6.45) is 5.39. The Morgan fingerprint density at radius 3 is 2.83 bits per heavy atom. The molecule has 0 saturated carbocycles. The van der Waals surface area contributed by atoms with Crippen LogP contribution in [0.25, 0.3) is 0 Å². The maximum absolute atomic E-state index is 13.5. The number of hydrogen-bond acceptors (Lipinski definition) is 6. The molecule has 2 aromatic heterocycles. The number of nitrogens with one attached hydrogen (secondary N) is 1. The highest BCUT2D eigenvalue weighted by molar-refractivity contribution is 6.00. The number of nitrogens with zero attached hydrogens (tertiary/aromatic N) is 2. The zero-order chi connectivity index (χ0) is 21.5. The first kappa shape index (κ1) is 22.0. The van der Waals surface area contributed by atoms with Crippen LogP contribution in [0.3, 0.4) is 0 Å². The Kier molecular flexibility index (Phi) is 7.59. The average molecular weight is 415 g/mol. The number of aromatic amines is 1. The normalized spacial score (nSPS) is 15.9. The number of carbonyl (C=O) groups is 2. The molecule has 1 aliphatic rings. The van der Waals surface area contributed by atoms with E-state index < -0.39 is 5.97 Å². The predicted molar refractivity (Wildman–Crippen MR) is 110 cm³/mol. The SMILES string of the molecule is COCCOC(=O)c1c(C)[nH]c(C(=O)N(Cc2cccnc2)CC2CCCO2)c1C. The van der Waals surface area contributed by atoms with Gasteiger partial charge in [0.05, 0.1) is 18.3 Å². The van der Waals surface area contributed by atoms with Crippen LogP contribution in [0, 0.1) is 13.8 Å². The molecule has 0 spiro atoms. The molecular formula is C22H29N3O5. The smallest absolute Gasteiger partial charge is 0.340 e. The Bertz CT molecular complexity index is 859. The number of aryl methyl sites for hydroxylation is 1. The van der Waals surface area contributed by atoms with Crippen molar-refractivity contribution < 1.29 is 23.8 Å². The molecule has 1 aliphatic heterocycles. The summed E-state index contributed by atoms with van der Waals surface area (Å²) >= 11 is 0. The summed E-state index contributed by atoms with van der Waals surface area (Å²) in [6.45, 7) is 5.63. The summed E-state index contributed by atoms with van der Waals surface area (Å²) in [5.41, 5.74) is 2.92. The maximum Gasteiger partial charge on any atom is 0.340 e. The van der Waals surface area contributed by atoms with Gasteiger partial charge in [0.2, 0.25) is 0 Å². The molecule has 0 bridgehead atoms. The molecule has 1 N–H and O–H groups in total. The van der Waals surface area contributed by atoms with Crippen LogP contribution in [0.2, 0.25) is 0 Å². The van der Waals surface area contributed by atoms with Crippen molar-refractivity contribution in [2.24, 2.45) is 0 Å². The second-order valence-corrected chi connectivity index (χ2v) is 7.44. The van der Waals surface area contributed by atoms with Gasteiger partial charge in [0.1, 0.15) is 12.3 Å². The van der Waals surface area contributed by atoms with Crippen molar-refractivity contribution in [3.8, 4) is 0 Å². The van der Waals surface area contributed by atoms with Gasteiger partial charge in [0.15, 0.2) is 0 Å². The van der Waals surface area contributed by atoms with Crippen molar-refractivity contribution in [2.75, 3.05) is 33.5 Å². The highest BCUT2D eigenvalue weighted by Gasteiger charge is 2.28. The number of H-pyrrole nitrogens is 1. The van der Waals surface area contributed by atoms with E-state index >= 15 is 0 Å². The third-order valence-electron chi connectivity index (χ3n) is 5.21. The minimum absolute atomic E-state index is 0.0143. The molecule has 3 rings (SSSR count). The van der Waals surface area contributed by atoms with Gasteiger partial charge in [-0.15, -0.1) is 0 Å². The van der Waals surface area contributed by atoms with Crippen molar-refractivity contribution in [3.63, 3.8) is 0 Å². The van der Waals surface area contributed by atoms with E-state index in [1.165, 1.54) is 0 Å². The van der Waals surface area contributed by atoms with Crippen molar-refractivity contribution in [2.45, 2.75) is 39.3 Å². The average Bonchev–Trinajstić information content (AvgIpc) is 3.35. The molecule has 1 atom stereocenters. The Labute approximate surface area is 176 Å². The quantitative estimate of drug-likeness (QED) is 0.500. The largest absolute Gasteiger partial charge is 0.460 e. The van der Waals surface area contributed by atoms with E-state index in [1.807, 2.05) is 12.1 Å². The first-order chi connectivity index (χ1) is 14.5. The van der Waals surface area contributed by atoms with Crippen LogP contribution in [-0.2, 0) is 20.8 Å². The number of methoxy groups -OCH3 is 1. The van der Waals surface area contributed by atoms with Crippen molar-refractivity contribution >= 4 is 11.9 Å². The third kappa shape index (κ3) is 5.25. The van der Waals surface area contributed by atoms with Crippen LogP contribution < -0.4 is 0 Å². The fourth-order valence-electron chi connectivity index (χ4n) is 3.68. The lowest BCUT2D eigenvalue weighted by atomic mass is 10.1. The predicted octanol–water partition coefficient (Wildman–Crippen LogP) is 2.65. The van der Waals surface area contributed by atoms with Gasteiger partial charge in [-0.25, -0.2) is 4.79 Å². The fraction of sp³-hybridized carbons (Fsp3) is 0.500. The van der Waals surface area contributed by atoms with Gasteiger partial charge in [-0.3, -0.25) is 9.78 Å². The number of carbonyl (C=O) groups excluding carboxylic acids is 2. The molecule has 0 aliphatic carbocycles. The van der Waals surface area contributed by atoms with Gasteiger partial charge in [-0.1, -0.05) is 6.07 Å². The third-order valence-corrected chi connectivity index (χ3v) is 5.21. The summed E-state index contributed by atoms with van der Waals surface area (Å²) < 4.78 is 15.9. The zero-order valence-corrected chi connectivity index (χ0v) is 17.8. The number of esters is 1. The van der Waals surface area contributed by atoms with Crippen LogP contribution in [0.15, 0.2) is 24.5 Å². The second kappa shape index (κ2) is 10.4. The number of pyridine rings is 1. The van der Waals surface area contributed by atoms with E-state index in [0.717, 1.165) is 25.0 Å². The Hall–Kier alpha value is -2.71. The van der Waals surface area contributed by atoms with Gasteiger partial charge in [-0.2, -0.15) is 0 Å². The lowest BCUT2D eigenvalue weighted by Gasteiger charge is -2.25. The fourth-order valence-corrected chi connectivity index (χ4v) is 3.68. The van der Waals surface area contributed by atoms with E-state index in [0.29, 0.717) is 42.2 Å².